The zero-order valence-corrected chi connectivity index (χ0v) is 11.6. The van der Waals surface area contributed by atoms with E-state index in [2.05, 4.69) is 17.5 Å². The number of rotatable bonds is 6. The molecular weight excluding hydrogens is 266 g/mol. The summed E-state index contributed by atoms with van der Waals surface area (Å²) in [5.41, 5.74) is 6.82. The lowest BCUT2D eigenvalue weighted by Crippen LogP contribution is -2.17. The average molecular weight is 282 g/mol. The zero-order chi connectivity index (χ0) is 12.8. The number of benzene rings is 1. The molecule has 0 aliphatic carbocycles. The molecule has 18 heavy (non-hydrogen) atoms. The van der Waals surface area contributed by atoms with Crippen molar-refractivity contribution in [2.45, 2.75) is 12.5 Å². The molecule has 0 saturated heterocycles. The van der Waals surface area contributed by atoms with Gasteiger partial charge in [0.25, 0.3) is 0 Å². The molecule has 0 bridgehead atoms. The SMILES string of the molecule is NCC(OCCc1cccs1)c1ccc(Cl)cc1. The van der Waals surface area contributed by atoms with Gasteiger partial charge in [0.2, 0.25) is 0 Å². The number of thiophene rings is 1. The van der Waals surface area contributed by atoms with Crippen molar-refractivity contribution in [1.82, 2.24) is 0 Å². The van der Waals surface area contributed by atoms with Gasteiger partial charge in [-0.15, -0.1) is 11.3 Å². The second-order valence-corrected chi connectivity index (χ2v) is 5.44. The Morgan fingerprint density at radius 2 is 2.00 bits per heavy atom. The van der Waals surface area contributed by atoms with E-state index in [0.29, 0.717) is 13.2 Å². The zero-order valence-electron chi connectivity index (χ0n) is 10.0. The first-order valence-corrected chi connectivity index (χ1v) is 7.15. The van der Waals surface area contributed by atoms with E-state index in [1.54, 1.807) is 11.3 Å². The van der Waals surface area contributed by atoms with Gasteiger partial charge in [0.15, 0.2) is 0 Å². The third kappa shape index (κ3) is 3.82. The molecular formula is C14H16ClNOS. The summed E-state index contributed by atoms with van der Waals surface area (Å²) < 4.78 is 5.83. The molecule has 0 amide bonds. The van der Waals surface area contributed by atoms with Gasteiger partial charge in [0.1, 0.15) is 0 Å². The minimum Gasteiger partial charge on any atom is -0.372 e. The fourth-order valence-electron chi connectivity index (χ4n) is 1.73. The Hall–Kier alpha value is -0.870. The van der Waals surface area contributed by atoms with Crippen LogP contribution in [-0.2, 0) is 11.2 Å². The molecule has 2 rings (SSSR count). The lowest BCUT2D eigenvalue weighted by Gasteiger charge is -2.16. The van der Waals surface area contributed by atoms with Crippen LogP contribution in [0.5, 0.6) is 0 Å². The van der Waals surface area contributed by atoms with Crippen molar-refractivity contribution in [2.24, 2.45) is 5.73 Å². The maximum Gasteiger partial charge on any atom is 0.0947 e. The standard InChI is InChI=1S/C14H16ClNOS/c15-12-5-3-11(4-6-12)14(10-16)17-8-7-13-2-1-9-18-13/h1-6,9,14H,7-8,10,16H2. The maximum atomic E-state index is 5.86. The largest absolute Gasteiger partial charge is 0.372 e. The van der Waals surface area contributed by atoms with Crippen LogP contribution in [-0.4, -0.2) is 13.2 Å². The Bertz CT molecular complexity index is 455. The van der Waals surface area contributed by atoms with Crippen LogP contribution >= 0.6 is 22.9 Å². The van der Waals surface area contributed by atoms with Gasteiger partial charge >= 0.3 is 0 Å². The number of hydrogen-bond acceptors (Lipinski definition) is 3. The van der Waals surface area contributed by atoms with Crippen LogP contribution in [0.25, 0.3) is 0 Å². The average Bonchev–Trinajstić information content (AvgIpc) is 2.89. The van der Waals surface area contributed by atoms with E-state index in [4.69, 9.17) is 22.1 Å². The van der Waals surface area contributed by atoms with Gasteiger partial charge in [-0.3, -0.25) is 0 Å². The van der Waals surface area contributed by atoms with Gasteiger partial charge in [-0.1, -0.05) is 29.8 Å². The highest BCUT2D eigenvalue weighted by Crippen LogP contribution is 2.19. The van der Waals surface area contributed by atoms with E-state index in [9.17, 15) is 0 Å². The summed E-state index contributed by atoms with van der Waals surface area (Å²) >= 11 is 7.61. The molecule has 1 heterocycles. The number of ether oxygens (including phenoxy) is 1. The summed E-state index contributed by atoms with van der Waals surface area (Å²) in [5, 5.41) is 2.81. The minimum absolute atomic E-state index is 0.0535. The van der Waals surface area contributed by atoms with Gasteiger partial charge in [0, 0.05) is 22.9 Å². The first-order valence-electron chi connectivity index (χ1n) is 5.89. The quantitative estimate of drug-likeness (QED) is 0.877. The van der Waals surface area contributed by atoms with Crippen molar-refractivity contribution in [2.75, 3.05) is 13.2 Å². The molecule has 2 aromatic rings. The van der Waals surface area contributed by atoms with Crippen LogP contribution in [0.2, 0.25) is 5.02 Å². The van der Waals surface area contributed by atoms with E-state index < -0.39 is 0 Å². The van der Waals surface area contributed by atoms with Gasteiger partial charge in [-0.2, -0.15) is 0 Å². The topological polar surface area (TPSA) is 35.2 Å². The van der Waals surface area contributed by atoms with E-state index in [0.717, 1.165) is 17.0 Å². The normalized spacial score (nSPS) is 12.6. The molecule has 0 aliphatic rings. The Morgan fingerprint density at radius 3 is 2.61 bits per heavy atom. The second kappa shape index (κ2) is 6.90. The van der Waals surface area contributed by atoms with Crippen LogP contribution < -0.4 is 5.73 Å². The van der Waals surface area contributed by atoms with Gasteiger partial charge in [0.05, 0.1) is 12.7 Å². The Labute approximate surface area is 116 Å². The lowest BCUT2D eigenvalue weighted by atomic mass is 10.1. The molecule has 1 aromatic heterocycles. The summed E-state index contributed by atoms with van der Waals surface area (Å²) in [5.74, 6) is 0. The predicted molar refractivity (Wildman–Crippen MR) is 77.2 cm³/mol. The fourth-order valence-corrected chi connectivity index (χ4v) is 2.55. The van der Waals surface area contributed by atoms with Crippen molar-refractivity contribution < 1.29 is 4.74 Å². The molecule has 2 nitrogen and oxygen atoms in total. The Kier molecular flexibility index (Phi) is 5.20. The Morgan fingerprint density at radius 1 is 1.22 bits per heavy atom. The molecule has 1 aromatic carbocycles. The molecule has 1 unspecified atom stereocenters. The van der Waals surface area contributed by atoms with Crippen molar-refractivity contribution in [1.29, 1.82) is 0 Å². The first-order chi connectivity index (χ1) is 8.79. The van der Waals surface area contributed by atoms with Gasteiger partial charge < -0.3 is 10.5 Å². The highest BCUT2D eigenvalue weighted by atomic mass is 35.5. The third-order valence-electron chi connectivity index (χ3n) is 2.70. The third-order valence-corrected chi connectivity index (χ3v) is 3.89. The molecule has 2 N–H and O–H groups in total. The molecule has 0 saturated carbocycles. The van der Waals surface area contributed by atoms with Crippen LogP contribution in [0.4, 0.5) is 0 Å². The lowest BCUT2D eigenvalue weighted by molar-refractivity contribution is 0.0612. The molecule has 0 radical (unpaired) electrons. The smallest absolute Gasteiger partial charge is 0.0947 e. The highest BCUT2D eigenvalue weighted by molar-refractivity contribution is 7.09. The van der Waals surface area contributed by atoms with Crippen LogP contribution in [0, 0.1) is 0 Å². The molecule has 96 valence electrons. The van der Waals surface area contributed by atoms with Crippen molar-refractivity contribution in [3.05, 3.63) is 57.2 Å². The molecule has 4 heteroatoms. The molecule has 1 atom stereocenters. The van der Waals surface area contributed by atoms with Gasteiger partial charge in [-0.05, 0) is 29.1 Å². The predicted octanol–water partition coefficient (Wildman–Crippen LogP) is 3.66. The van der Waals surface area contributed by atoms with Crippen LogP contribution in [0.15, 0.2) is 41.8 Å². The Balaban J connectivity index is 1.87. The van der Waals surface area contributed by atoms with E-state index in [1.165, 1.54) is 4.88 Å². The fraction of sp³-hybridized carbons (Fsp3) is 0.286. The van der Waals surface area contributed by atoms with E-state index >= 15 is 0 Å². The van der Waals surface area contributed by atoms with Crippen molar-refractivity contribution >= 4 is 22.9 Å². The number of halogens is 1. The summed E-state index contributed by atoms with van der Waals surface area (Å²) in [4.78, 5) is 1.34. The molecule has 0 fully saturated rings. The van der Waals surface area contributed by atoms with E-state index in [-0.39, 0.29) is 6.10 Å². The van der Waals surface area contributed by atoms with Crippen molar-refractivity contribution in [3.63, 3.8) is 0 Å². The van der Waals surface area contributed by atoms with Crippen LogP contribution in [0.3, 0.4) is 0 Å². The first kappa shape index (κ1) is 13.6. The molecule has 0 spiro atoms. The van der Waals surface area contributed by atoms with E-state index in [1.807, 2.05) is 24.3 Å². The number of nitrogens with two attached hydrogens (primary N) is 1. The monoisotopic (exact) mass is 281 g/mol. The maximum absolute atomic E-state index is 5.86. The van der Waals surface area contributed by atoms with Crippen molar-refractivity contribution in [3.8, 4) is 0 Å². The van der Waals surface area contributed by atoms with Crippen LogP contribution in [0.1, 0.15) is 16.5 Å². The van der Waals surface area contributed by atoms with Gasteiger partial charge in [-0.25, -0.2) is 0 Å². The summed E-state index contributed by atoms with van der Waals surface area (Å²) in [6.45, 7) is 1.16. The highest BCUT2D eigenvalue weighted by Gasteiger charge is 2.09. The summed E-state index contributed by atoms with van der Waals surface area (Å²) in [7, 11) is 0. The summed E-state index contributed by atoms with van der Waals surface area (Å²) in [6.07, 6.45) is 0.879. The molecule has 0 aliphatic heterocycles. The summed E-state index contributed by atoms with van der Waals surface area (Å²) in [6, 6.07) is 11.8. The minimum atomic E-state index is -0.0535. The second-order valence-electron chi connectivity index (χ2n) is 3.98. The number of hydrogen-bond donors (Lipinski definition) is 1.